The Kier molecular flexibility index (Phi) is 1.40. The van der Waals surface area contributed by atoms with Crippen molar-refractivity contribution in [1.29, 1.82) is 0 Å². The lowest BCUT2D eigenvalue weighted by molar-refractivity contribution is -0.590. The van der Waals surface area contributed by atoms with Gasteiger partial charge in [-0.2, -0.15) is 15.2 Å². The molecule has 7 aliphatic rings. The molecule has 0 aromatic carbocycles. The molecule has 18 heavy (non-hydrogen) atoms. The molecule has 0 atom stereocenters. The molecule has 7 rings (SSSR count). The van der Waals surface area contributed by atoms with Crippen LogP contribution in [0.5, 0.6) is 0 Å². The second kappa shape index (κ2) is 2.40. The van der Waals surface area contributed by atoms with Crippen LogP contribution in [-0.2, 0) is 14.3 Å². The topological polar surface area (TPSA) is 40.7 Å². The van der Waals surface area contributed by atoms with Gasteiger partial charge in [0.2, 0.25) is 0 Å². The predicted molar refractivity (Wildman–Crippen MR) is 62.0 cm³/mol. The fourth-order valence-corrected chi connectivity index (χ4v) is 4.94. The first-order valence-electron chi connectivity index (χ1n) is 6.68. The molecule has 7 nitrogen and oxygen atoms in total. The lowest BCUT2D eigenvalue weighted by Gasteiger charge is -2.86. The van der Waals surface area contributed by atoms with Gasteiger partial charge in [0.05, 0.1) is 0 Å². The van der Waals surface area contributed by atoms with E-state index in [2.05, 4.69) is 40.9 Å². The molecule has 7 heterocycles. The Morgan fingerprint density at radius 3 is 1.44 bits per heavy atom. The summed E-state index contributed by atoms with van der Waals surface area (Å²) in [4.78, 5) is 2.47. The van der Waals surface area contributed by atoms with Crippen molar-refractivity contribution in [3.8, 4) is 0 Å². The molecule has 0 N–H and O–H groups in total. The average molecular weight is 253 g/mol. The van der Waals surface area contributed by atoms with Gasteiger partial charge in [0.1, 0.15) is 17.0 Å². The zero-order valence-corrected chi connectivity index (χ0v) is 11.2. The first-order valence-corrected chi connectivity index (χ1v) is 6.68. The summed E-state index contributed by atoms with van der Waals surface area (Å²) < 4.78 is 18.1. The van der Waals surface area contributed by atoms with Crippen LogP contribution < -0.4 is 0 Å². The summed E-state index contributed by atoms with van der Waals surface area (Å²) in [5.74, 6) is 0. The summed E-state index contributed by atoms with van der Waals surface area (Å²) >= 11 is 0. The molecule has 7 fully saturated rings. The molecule has 7 aliphatic heterocycles. The van der Waals surface area contributed by atoms with E-state index in [0.29, 0.717) is 0 Å². The molecule has 0 aliphatic carbocycles. The molecule has 8 heteroatoms. The summed E-state index contributed by atoms with van der Waals surface area (Å²) in [6.45, 7) is 9.56. The molecule has 0 spiro atoms. The van der Waals surface area contributed by atoms with Gasteiger partial charge >= 0.3 is 6.75 Å². The van der Waals surface area contributed by atoms with Crippen molar-refractivity contribution >= 4 is 6.75 Å². The van der Waals surface area contributed by atoms with Gasteiger partial charge in [-0.3, -0.25) is 4.90 Å². The summed E-state index contributed by atoms with van der Waals surface area (Å²) in [6, 6.07) is 0. The van der Waals surface area contributed by atoms with Gasteiger partial charge in [0.15, 0.2) is 0 Å². The van der Waals surface area contributed by atoms with Crippen LogP contribution in [0.3, 0.4) is 0 Å². The molecule has 0 unspecified atom stereocenters. The van der Waals surface area contributed by atoms with Crippen molar-refractivity contribution in [2.24, 2.45) is 0 Å². The van der Waals surface area contributed by atoms with Crippen molar-refractivity contribution in [2.75, 3.05) is 19.6 Å². The number of piperazine rings is 3. The molecule has 8 bridgehead atoms. The molecular weight excluding hydrogens is 235 g/mol. The van der Waals surface area contributed by atoms with E-state index in [1.807, 2.05) is 6.82 Å². The molecule has 0 amide bonds. The van der Waals surface area contributed by atoms with Crippen LogP contribution in [0.15, 0.2) is 0 Å². The zero-order valence-electron chi connectivity index (χ0n) is 11.2. The van der Waals surface area contributed by atoms with Crippen molar-refractivity contribution in [2.45, 2.75) is 44.6 Å². The van der Waals surface area contributed by atoms with Crippen LogP contribution in [0, 0.1) is 0 Å². The number of hydroxylamine groups is 6. The van der Waals surface area contributed by atoms with E-state index in [-0.39, 0.29) is 17.0 Å². The Balaban J connectivity index is 1.79. The van der Waals surface area contributed by atoms with Crippen LogP contribution in [0.1, 0.15) is 20.8 Å². The normalized spacial score (nSPS) is 75.3. The minimum Gasteiger partial charge on any atom is -0.452 e. The standard InChI is InChI=1S/C10H18BN4O3/c1-8-5-12-6-9(2)13(8)16-11(4)17-14(8)10(3,7-12)15(9)18-11/h5-7H2,1-4H3/q-1. The highest BCUT2D eigenvalue weighted by Gasteiger charge is 2.77. The van der Waals surface area contributed by atoms with E-state index in [4.69, 9.17) is 14.3 Å². The van der Waals surface area contributed by atoms with Gasteiger partial charge in [-0.1, -0.05) is 0 Å². The third-order valence-electron chi connectivity index (χ3n) is 5.09. The maximum atomic E-state index is 6.04. The maximum absolute atomic E-state index is 6.04. The molecule has 7 saturated heterocycles. The quantitative estimate of drug-likeness (QED) is 0.552. The fourth-order valence-electron chi connectivity index (χ4n) is 4.94. The third kappa shape index (κ3) is 0.797. The van der Waals surface area contributed by atoms with Crippen LogP contribution in [0.25, 0.3) is 0 Å². The van der Waals surface area contributed by atoms with Crippen LogP contribution in [-0.4, -0.2) is 63.5 Å². The Labute approximate surface area is 106 Å². The summed E-state index contributed by atoms with van der Waals surface area (Å²) in [6.07, 6.45) is 0. The number of rotatable bonds is 0. The van der Waals surface area contributed by atoms with Crippen molar-refractivity contribution in [1.82, 2.24) is 20.1 Å². The second-order valence-corrected chi connectivity index (χ2v) is 6.99. The van der Waals surface area contributed by atoms with E-state index in [9.17, 15) is 0 Å². The van der Waals surface area contributed by atoms with E-state index in [1.54, 1.807) is 0 Å². The molecule has 0 aromatic rings. The molecule has 100 valence electrons. The average Bonchev–Trinajstić information content (AvgIpc) is 2.25. The van der Waals surface area contributed by atoms with Gasteiger partial charge in [0.25, 0.3) is 0 Å². The smallest absolute Gasteiger partial charge is 0.424 e. The number of nitrogens with zero attached hydrogens (tertiary/aromatic N) is 4. The van der Waals surface area contributed by atoms with Crippen LogP contribution in [0.4, 0.5) is 0 Å². The maximum Gasteiger partial charge on any atom is 0.424 e. The van der Waals surface area contributed by atoms with Crippen molar-refractivity contribution < 1.29 is 14.3 Å². The molecular formula is C10H18BN4O3-. The lowest BCUT2D eigenvalue weighted by atomic mass is 9.76. The second-order valence-electron chi connectivity index (χ2n) is 6.99. The van der Waals surface area contributed by atoms with Gasteiger partial charge in [-0.05, 0) is 20.8 Å². The zero-order chi connectivity index (χ0) is 12.6. The summed E-state index contributed by atoms with van der Waals surface area (Å²) in [7, 11) is 0. The molecule has 0 radical (unpaired) electrons. The molecule has 0 aromatic heterocycles. The van der Waals surface area contributed by atoms with Crippen molar-refractivity contribution in [3.05, 3.63) is 0 Å². The summed E-state index contributed by atoms with van der Waals surface area (Å²) in [5, 5.41) is 6.30. The largest absolute Gasteiger partial charge is 0.452 e. The minimum atomic E-state index is -1.71. The van der Waals surface area contributed by atoms with E-state index >= 15 is 0 Å². The Bertz CT molecular complexity index is 397. The Morgan fingerprint density at radius 1 is 0.778 bits per heavy atom. The highest BCUT2D eigenvalue weighted by molar-refractivity contribution is 6.59. The van der Waals surface area contributed by atoms with Crippen LogP contribution in [0.2, 0.25) is 6.82 Å². The number of hydrogen-bond acceptors (Lipinski definition) is 7. The van der Waals surface area contributed by atoms with E-state index in [0.717, 1.165) is 19.6 Å². The Hall–Kier alpha value is -0.215. The Morgan fingerprint density at radius 2 is 1.11 bits per heavy atom. The van der Waals surface area contributed by atoms with E-state index < -0.39 is 6.75 Å². The first-order chi connectivity index (χ1) is 8.30. The highest BCUT2D eigenvalue weighted by Crippen LogP contribution is 2.59. The van der Waals surface area contributed by atoms with Gasteiger partial charge in [-0.15, -0.1) is 6.82 Å². The first kappa shape index (κ1) is 10.6. The summed E-state index contributed by atoms with van der Waals surface area (Å²) in [5.41, 5.74) is -0.704. The molecule has 0 saturated carbocycles. The van der Waals surface area contributed by atoms with Crippen molar-refractivity contribution in [3.63, 3.8) is 0 Å². The number of hydrogen-bond donors (Lipinski definition) is 0. The fraction of sp³-hybridized carbons (Fsp3) is 1.00. The SMILES string of the molecule is C[B-]12ON3C4(C)CN5CC3(C)N(O1)C(C)(C5)N4O2. The third-order valence-corrected chi connectivity index (χ3v) is 5.09. The van der Waals surface area contributed by atoms with Gasteiger partial charge in [0, 0.05) is 19.6 Å². The monoisotopic (exact) mass is 253 g/mol. The minimum absolute atomic E-state index is 0.235. The van der Waals surface area contributed by atoms with E-state index in [1.165, 1.54) is 0 Å². The lowest BCUT2D eigenvalue weighted by Crippen LogP contribution is -3.02. The predicted octanol–water partition coefficient (Wildman–Crippen LogP) is -0.226. The van der Waals surface area contributed by atoms with Gasteiger partial charge < -0.3 is 14.3 Å². The van der Waals surface area contributed by atoms with Gasteiger partial charge in [-0.25, -0.2) is 0 Å². The highest BCUT2D eigenvalue weighted by atomic mass is 17.0. The van der Waals surface area contributed by atoms with Crippen LogP contribution >= 0.6 is 0 Å².